The van der Waals surface area contributed by atoms with Gasteiger partial charge >= 0.3 is 0 Å². The molecule has 11 heteroatoms. The molecule has 4 N–H and O–H groups in total. The lowest BCUT2D eigenvalue weighted by Crippen LogP contribution is -2.52. The molecule has 2 aromatic rings. The van der Waals surface area contributed by atoms with E-state index in [9.17, 15) is 14.4 Å². The lowest BCUT2D eigenvalue weighted by Gasteiger charge is -2.49. The second-order valence-corrected chi connectivity index (χ2v) is 12.1. The quantitative estimate of drug-likeness (QED) is 0.370. The summed E-state index contributed by atoms with van der Waals surface area (Å²) in [6.45, 7) is 6.27. The molecular formula is C30H40N8O3. The number of hydrogen-bond acceptors (Lipinski definition) is 9. The maximum Gasteiger partial charge on any atom is 0.272 e. The molecule has 1 saturated carbocycles. The SMILES string of the molecule is Nc1ccc(N2CCN(C3CCC4(CC3)CCN(c3cnc(C(=O)NC5CCC(=O)NC5=O)cn3)CC4)CC2)cc1. The first-order valence-electron chi connectivity index (χ1n) is 14.9. The van der Waals surface area contributed by atoms with E-state index in [4.69, 9.17) is 5.73 Å². The molecule has 218 valence electrons. The number of piperidine rings is 2. The van der Waals surface area contributed by atoms with Gasteiger partial charge in [0.2, 0.25) is 11.8 Å². The second-order valence-electron chi connectivity index (χ2n) is 12.1. The number of nitrogens with zero attached hydrogens (tertiary/aromatic N) is 5. The topological polar surface area (TPSA) is 137 Å². The third kappa shape index (κ3) is 6.14. The van der Waals surface area contributed by atoms with Crippen LogP contribution in [0.1, 0.15) is 61.9 Å². The number of anilines is 3. The number of rotatable bonds is 5. The van der Waals surface area contributed by atoms with Crippen LogP contribution in [0.3, 0.4) is 0 Å². The molecule has 1 unspecified atom stereocenters. The van der Waals surface area contributed by atoms with Gasteiger partial charge in [0.1, 0.15) is 17.6 Å². The van der Waals surface area contributed by atoms with Crippen LogP contribution in [-0.4, -0.2) is 83.9 Å². The molecule has 11 nitrogen and oxygen atoms in total. The highest BCUT2D eigenvalue weighted by molar-refractivity contribution is 6.03. The van der Waals surface area contributed by atoms with Gasteiger partial charge in [-0.25, -0.2) is 9.97 Å². The number of carbonyl (C=O) groups excluding carboxylic acids is 3. The van der Waals surface area contributed by atoms with Crippen LogP contribution in [0.15, 0.2) is 36.7 Å². The summed E-state index contributed by atoms with van der Waals surface area (Å²) < 4.78 is 0. The first-order valence-corrected chi connectivity index (χ1v) is 14.9. The molecule has 3 saturated heterocycles. The molecule has 4 heterocycles. The zero-order chi connectivity index (χ0) is 28.4. The summed E-state index contributed by atoms with van der Waals surface area (Å²) in [5, 5.41) is 4.90. The van der Waals surface area contributed by atoms with Gasteiger partial charge in [-0.1, -0.05) is 0 Å². The van der Waals surface area contributed by atoms with E-state index in [2.05, 4.69) is 47.4 Å². The van der Waals surface area contributed by atoms with Gasteiger partial charge in [0.05, 0.1) is 12.4 Å². The number of benzene rings is 1. The number of nitrogens with two attached hydrogens (primary N) is 1. The standard InChI is InChI=1S/C30H40N8O3/c31-21-1-3-22(4-2-21)36-15-17-37(18-16-36)23-7-9-30(10-8-23)11-13-38(14-12-30)26-20-32-25(19-33-26)29(41)34-24-5-6-27(39)35-28(24)40/h1-4,19-20,23-24H,5-18,31H2,(H,34,41)(H,35,39,40). The van der Waals surface area contributed by atoms with Crippen LogP contribution < -0.4 is 26.2 Å². The lowest BCUT2D eigenvalue weighted by molar-refractivity contribution is -0.134. The van der Waals surface area contributed by atoms with E-state index >= 15 is 0 Å². The molecule has 3 aliphatic heterocycles. The van der Waals surface area contributed by atoms with Crippen LogP contribution >= 0.6 is 0 Å². The highest BCUT2D eigenvalue weighted by Crippen LogP contribution is 2.46. The average molecular weight is 561 g/mol. The molecule has 1 spiro atoms. The second kappa shape index (κ2) is 11.6. The summed E-state index contributed by atoms with van der Waals surface area (Å²) in [4.78, 5) is 52.1. The third-order valence-corrected chi connectivity index (χ3v) is 9.67. The summed E-state index contributed by atoms with van der Waals surface area (Å²) in [5.74, 6) is -0.470. The fraction of sp³-hybridized carbons (Fsp3) is 0.567. The summed E-state index contributed by atoms with van der Waals surface area (Å²) >= 11 is 0. The molecule has 1 atom stereocenters. The number of nitrogen functional groups attached to an aromatic ring is 1. The van der Waals surface area contributed by atoms with Crippen LogP contribution in [-0.2, 0) is 9.59 Å². The van der Waals surface area contributed by atoms with Gasteiger partial charge in [0.25, 0.3) is 5.91 Å². The number of hydrogen-bond donors (Lipinski definition) is 3. The van der Waals surface area contributed by atoms with Crippen molar-refractivity contribution >= 4 is 34.9 Å². The van der Waals surface area contributed by atoms with Crippen molar-refractivity contribution in [3.8, 4) is 0 Å². The summed E-state index contributed by atoms with van der Waals surface area (Å²) in [6, 6.07) is 8.19. The van der Waals surface area contributed by atoms with E-state index in [1.54, 1.807) is 6.20 Å². The molecule has 1 aliphatic carbocycles. The fourth-order valence-electron chi connectivity index (χ4n) is 6.99. The summed E-state index contributed by atoms with van der Waals surface area (Å²) in [6.07, 6.45) is 11.1. The van der Waals surface area contributed by atoms with Crippen molar-refractivity contribution in [3.63, 3.8) is 0 Å². The van der Waals surface area contributed by atoms with Gasteiger partial charge in [-0.05, 0) is 74.6 Å². The predicted octanol–water partition coefficient (Wildman–Crippen LogP) is 1.95. The zero-order valence-corrected chi connectivity index (χ0v) is 23.6. The minimum Gasteiger partial charge on any atom is -0.399 e. The molecule has 0 bridgehead atoms. The van der Waals surface area contributed by atoms with E-state index in [-0.39, 0.29) is 18.0 Å². The van der Waals surface area contributed by atoms with Gasteiger partial charge in [0.15, 0.2) is 0 Å². The Labute approximate surface area is 240 Å². The van der Waals surface area contributed by atoms with Crippen molar-refractivity contribution in [2.75, 3.05) is 54.8 Å². The van der Waals surface area contributed by atoms with Gasteiger partial charge in [-0.15, -0.1) is 0 Å². The fourth-order valence-corrected chi connectivity index (χ4v) is 6.99. The van der Waals surface area contributed by atoms with Crippen LogP contribution in [0.25, 0.3) is 0 Å². The molecular weight excluding hydrogens is 520 g/mol. The van der Waals surface area contributed by atoms with Crippen molar-refractivity contribution in [2.24, 2.45) is 5.41 Å². The molecule has 3 amide bonds. The first kappa shape index (κ1) is 27.4. The van der Waals surface area contributed by atoms with Gasteiger partial charge < -0.3 is 20.9 Å². The molecule has 1 aromatic carbocycles. The number of piperazine rings is 1. The van der Waals surface area contributed by atoms with E-state index in [0.717, 1.165) is 63.6 Å². The maximum atomic E-state index is 12.6. The van der Waals surface area contributed by atoms with E-state index < -0.39 is 17.9 Å². The van der Waals surface area contributed by atoms with Gasteiger partial charge in [0, 0.05) is 63.1 Å². The number of aromatic nitrogens is 2. The van der Waals surface area contributed by atoms with Crippen LogP contribution in [0.5, 0.6) is 0 Å². The van der Waals surface area contributed by atoms with Gasteiger partial charge in [-0.3, -0.25) is 24.6 Å². The van der Waals surface area contributed by atoms with Crippen molar-refractivity contribution in [1.82, 2.24) is 25.5 Å². The summed E-state index contributed by atoms with van der Waals surface area (Å²) in [5.41, 5.74) is 8.52. The first-order chi connectivity index (χ1) is 19.9. The normalized spacial score (nSPS) is 23.9. The third-order valence-electron chi connectivity index (χ3n) is 9.67. The molecule has 4 fully saturated rings. The van der Waals surface area contributed by atoms with Gasteiger partial charge in [-0.2, -0.15) is 0 Å². The molecule has 41 heavy (non-hydrogen) atoms. The Kier molecular flexibility index (Phi) is 7.79. The number of amides is 3. The minimum atomic E-state index is -0.728. The van der Waals surface area contributed by atoms with Crippen LogP contribution in [0.2, 0.25) is 0 Å². The Morgan fingerprint density at radius 2 is 1.59 bits per heavy atom. The Hall–Kier alpha value is -3.73. The Balaban J connectivity index is 0.948. The number of nitrogens with one attached hydrogen (secondary N) is 2. The maximum absolute atomic E-state index is 12.6. The van der Waals surface area contributed by atoms with E-state index in [1.807, 2.05) is 12.1 Å². The van der Waals surface area contributed by atoms with Crippen LogP contribution in [0, 0.1) is 5.41 Å². The smallest absolute Gasteiger partial charge is 0.272 e. The molecule has 1 aromatic heterocycles. The Morgan fingerprint density at radius 3 is 2.22 bits per heavy atom. The van der Waals surface area contributed by atoms with E-state index in [0.29, 0.717) is 17.9 Å². The molecule has 0 radical (unpaired) electrons. The zero-order valence-electron chi connectivity index (χ0n) is 23.6. The van der Waals surface area contributed by atoms with Crippen molar-refractivity contribution in [3.05, 3.63) is 42.4 Å². The van der Waals surface area contributed by atoms with E-state index in [1.165, 1.54) is 37.6 Å². The largest absolute Gasteiger partial charge is 0.399 e. The minimum absolute atomic E-state index is 0.166. The highest BCUT2D eigenvalue weighted by atomic mass is 16.2. The predicted molar refractivity (Wildman–Crippen MR) is 156 cm³/mol. The number of carbonyl (C=O) groups is 3. The van der Waals surface area contributed by atoms with Crippen molar-refractivity contribution in [1.29, 1.82) is 0 Å². The Morgan fingerprint density at radius 1 is 0.878 bits per heavy atom. The number of imide groups is 1. The summed E-state index contributed by atoms with van der Waals surface area (Å²) in [7, 11) is 0. The molecule has 4 aliphatic rings. The average Bonchev–Trinajstić information content (AvgIpc) is 3.00. The monoisotopic (exact) mass is 560 g/mol. The highest BCUT2D eigenvalue weighted by Gasteiger charge is 2.40. The van der Waals surface area contributed by atoms with Crippen molar-refractivity contribution in [2.45, 2.75) is 63.5 Å². The van der Waals surface area contributed by atoms with Crippen LogP contribution in [0.4, 0.5) is 17.2 Å². The lowest BCUT2D eigenvalue weighted by atomic mass is 9.66. The molecule has 6 rings (SSSR count). The van der Waals surface area contributed by atoms with Crippen molar-refractivity contribution < 1.29 is 14.4 Å². The Bertz CT molecular complexity index is 1240.